The van der Waals surface area contributed by atoms with Crippen molar-refractivity contribution in [2.24, 2.45) is 4.99 Å². The average Bonchev–Trinajstić information content (AvgIpc) is 2.73. The molecule has 1 saturated heterocycles. The topological polar surface area (TPSA) is 58.1 Å². The molecule has 1 heterocycles. The number of morpholine rings is 1. The van der Waals surface area contributed by atoms with Crippen LogP contribution in [0.15, 0.2) is 29.3 Å². The molecule has 0 amide bonds. The van der Waals surface area contributed by atoms with Gasteiger partial charge in [-0.3, -0.25) is 9.89 Å². The molecule has 1 atom stereocenters. The maximum atomic E-state index is 13.3. The molecule has 1 unspecified atom stereocenters. The molecule has 158 valence electrons. The van der Waals surface area contributed by atoms with Crippen molar-refractivity contribution in [1.82, 2.24) is 15.5 Å². The fourth-order valence-electron chi connectivity index (χ4n) is 3.18. The van der Waals surface area contributed by atoms with E-state index in [9.17, 15) is 4.39 Å². The second-order valence-electron chi connectivity index (χ2n) is 6.92. The molecule has 1 fully saturated rings. The Balaban J connectivity index is 1.82. The van der Waals surface area contributed by atoms with Gasteiger partial charge in [-0.05, 0) is 30.5 Å². The van der Waals surface area contributed by atoms with E-state index in [1.807, 2.05) is 12.1 Å². The maximum Gasteiger partial charge on any atom is 0.191 e. The Morgan fingerprint density at radius 3 is 2.57 bits per heavy atom. The fourth-order valence-corrected chi connectivity index (χ4v) is 3.18. The van der Waals surface area contributed by atoms with Crippen molar-refractivity contribution < 1.29 is 13.9 Å². The zero-order valence-corrected chi connectivity index (χ0v) is 17.3. The van der Waals surface area contributed by atoms with Crippen LogP contribution in [-0.4, -0.2) is 70.5 Å². The molecular formula is C21H35FN4O2. The summed E-state index contributed by atoms with van der Waals surface area (Å²) in [7, 11) is 1.77. The number of aliphatic imine (C=N–C) groups is 1. The highest BCUT2D eigenvalue weighted by Gasteiger charge is 2.23. The zero-order valence-electron chi connectivity index (χ0n) is 17.3. The molecular weight excluding hydrogens is 359 g/mol. The van der Waals surface area contributed by atoms with Crippen molar-refractivity contribution in [1.29, 1.82) is 0 Å². The van der Waals surface area contributed by atoms with E-state index in [-0.39, 0.29) is 11.9 Å². The zero-order chi connectivity index (χ0) is 20.0. The minimum Gasteiger partial charge on any atom is -0.381 e. The van der Waals surface area contributed by atoms with Crippen LogP contribution >= 0.6 is 0 Å². The van der Waals surface area contributed by atoms with Gasteiger partial charge < -0.3 is 20.1 Å². The minimum absolute atomic E-state index is 0.139. The summed E-state index contributed by atoms with van der Waals surface area (Å²) in [5, 5.41) is 6.75. The van der Waals surface area contributed by atoms with Gasteiger partial charge in [0, 0.05) is 46.4 Å². The Kier molecular flexibility index (Phi) is 10.9. The lowest BCUT2D eigenvalue weighted by Crippen LogP contribution is -2.46. The highest BCUT2D eigenvalue weighted by molar-refractivity contribution is 5.79. The van der Waals surface area contributed by atoms with Gasteiger partial charge in [-0.2, -0.15) is 0 Å². The van der Waals surface area contributed by atoms with Crippen LogP contribution in [0.25, 0.3) is 0 Å². The summed E-state index contributed by atoms with van der Waals surface area (Å²) in [5.74, 6) is 0.560. The Labute approximate surface area is 168 Å². The Hall–Kier alpha value is -1.70. The number of nitrogens with zero attached hydrogens (tertiary/aromatic N) is 2. The number of hydrogen-bond donors (Lipinski definition) is 2. The third kappa shape index (κ3) is 8.12. The second kappa shape index (κ2) is 13.5. The lowest BCUT2D eigenvalue weighted by Gasteiger charge is -2.35. The van der Waals surface area contributed by atoms with Crippen molar-refractivity contribution in [2.45, 2.75) is 32.2 Å². The largest absolute Gasteiger partial charge is 0.381 e. The van der Waals surface area contributed by atoms with Crippen molar-refractivity contribution in [2.75, 3.05) is 59.7 Å². The summed E-state index contributed by atoms with van der Waals surface area (Å²) in [6, 6.07) is 6.91. The number of rotatable bonds is 11. The molecule has 2 N–H and O–H groups in total. The smallest absolute Gasteiger partial charge is 0.191 e. The predicted octanol–water partition coefficient (Wildman–Crippen LogP) is 2.57. The van der Waals surface area contributed by atoms with Gasteiger partial charge in [0.05, 0.1) is 19.3 Å². The van der Waals surface area contributed by atoms with Crippen LogP contribution in [0.5, 0.6) is 0 Å². The third-order valence-corrected chi connectivity index (χ3v) is 4.83. The van der Waals surface area contributed by atoms with Crippen LogP contribution in [0.1, 0.15) is 37.8 Å². The van der Waals surface area contributed by atoms with Gasteiger partial charge in [-0.1, -0.05) is 25.5 Å². The molecule has 28 heavy (non-hydrogen) atoms. The predicted molar refractivity (Wildman–Crippen MR) is 111 cm³/mol. The van der Waals surface area contributed by atoms with Gasteiger partial charge in [-0.25, -0.2) is 4.39 Å². The number of hydrogen-bond acceptors (Lipinski definition) is 4. The molecule has 7 heteroatoms. The third-order valence-electron chi connectivity index (χ3n) is 4.83. The van der Waals surface area contributed by atoms with Crippen molar-refractivity contribution in [3.05, 3.63) is 35.6 Å². The standard InChI is InChI=1S/C21H35FN4O2/c1-3-4-13-27-14-5-10-24-21(23-2)25-17-20(26-11-15-28-16-12-26)18-6-8-19(22)9-7-18/h6-9,20H,3-5,10-17H2,1-2H3,(H2,23,24,25). The molecule has 0 bridgehead atoms. The van der Waals surface area contributed by atoms with Crippen LogP contribution < -0.4 is 10.6 Å². The van der Waals surface area contributed by atoms with Crippen LogP contribution in [0.4, 0.5) is 4.39 Å². The van der Waals surface area contributed by atoms with E-state index >= 15 is 0 Å². The van der Waals surface area contributed by atoms with Crippen LogP contribution in [-0.2, 0) is 9.47 Å². The molecule has 0 saturated carbocycles. The molecule has 1 aliphatic rings. The highest BCUT2D eigenvalue weighted by Crippen LogP contribution is 2.21. The van der Waals surface area contributed by atoms with Gasteiger partial charge in [0.2, 0.25) is 0 Å². The van der Waals surface area contributed by atoms with E-state index < -0.39 is 0 Å². The summed E-state index contributed by atoms with van der Waals surface area (Å²) < 4.78 is 24.4. The molecule has 0 radical (unpaired) electrons. The van der Waals surface area contributed by atoms with Gasteiger partial charge in [0.1, 0.15) is 5.82 Å². The number of unbranched alkanes of at least 4 members (excludes halogenated alkanes) is 1. The Bertz CT molecular complexity index is 562. The number of guanidine groups is 1. The monoisotopic (exact) mass is 394 g/mol. The molecule has 2 rings (SSSR count). The maximum absolute atomic E-state index is 13.3. The molecule has 1 aliphatic heterocycles. The van der Waals surface area contributed by atoms with E-state index in [1.54, 1.807) is 7.05 Å². The van der Waals surface area contributed by atoms with E-state index in [2.05, 4.69) is 27.4 Å². The van der Waals surface area contributed by atoms with Crippen molar-refractivity contribution in [3.63, 3.8) is 0 Å². The average molecular weight is 395 g/mol. The van der Waals surface area contributed by atoms with Crippen molar-refractivity contribution in [3.8, 4) is 0 Å². The summed E-state index contributed by atoms with van der Waals surface area (Å²) in [6.07, 6.45) is 3.21. The first-order chi connectivity index (χ1) is 13.7. The molecule has 0 aromatic heterocycles. The Morgan fingerprint density at radius 2 is 1.89 bits per heavy atom. The summed E-state index contributed by atoms with van der Waals surface area (Å²) in [6.45, 7) is 8.44. The van der Waals surface area contributed by atoms with E-state index in [0.29, 0.717) is 6.54 Å². The molecule has 0 aliphatic carbocycles. The lowest BCUT2D eigenvalue weighted by atomic mass is 10.0. The first-order valence-corrected chi connectivity index (χ1v) is 10.3. The van der Waals surface area contributed by atoms with Crippen molar-refractivity contribution >= 4 is 5.96 Å². The quantitative estimate of drug-likeness (QED) is 0.343. The van der Waals surface area contributed by atoms with E-state index in [0.717, 1.165) is 76.8 Å². The number of nitrogens with one attached hydrogen (secondary N) is 2. The number of benzene rings is 1. The van der Waals surface area contributed by atoms with Gasteiger partial charge in [-0.15, -0.1) is 0 Å². The number of halogens is 1. The summed E-state index contributed by atoms with van der Waals surface area (Å²) >= 11 is 0. The lowest BCUT2D eigenvalue weighted by molar-refractivity contribution is 0.0170. The first-order valence-electron chi connectivity index (χ1n) is 10.3. The molecule has 1 aromatic rings. The molecule has 6 nitrogen and oxygen atoms in total. The fraction of sp³-hybridized carbons (Fsp3) is 0.667. The highest BCUT2D eigenvalue weighted by atomic mass is 19.1. The van der Waals surface area contributed by atoms with E-state index in [4.69, 9.17) is 9.47 Å². The Morgan fingerprint density at radius 1 is 1.18 bits per heavy atom. The van der Waals surface area contributed by atoms with Crippen LogP contribution in [0.2, 0.25) is 0 Å². The normalized spacial score (nSPS) is 16.8. The van der Waals surface area contributed by atoms with Crippen LogP contribution in [0, 0.1) is 5.82 Å². The SMILES string of the molecule is CCCCOCCCNC(=NC)NCC(c1ccc(F)cc1)N1CCOCC1. The summed E-state index contributed by atoms with van der Waals surface area (Å²) in [5.41, 5.74) is 1.09. The van der Waals surface area contributed by atoms with Gasteiger partial charge in [0.25, 0.3) is 0 Å². The van der Waals surface area contributed by atoms with Crippen LogP contribution in [0.3, 0.4) is 0 Å². The molecule has 0 spiro atoms. The van der Waals surface area contributed by atoms with Gasteiger partial charge >= 0.3 is 0 Å². The van der Waals surface area contributed by atoms with E-state index in [1.165, 1.54) is 12.1 Å². The number of ether oxygens (including phenoxy) is 2. The minimum atomic E-state index is -0.212. The second-order valence-corrected chi connectivity index (χ2v) is 6.92. The summed E-state index contributed by atoms with van der Waals surface area (Å²) in [4.78, 5) is 6.68. The first kappa shape index (κ1) is 22.6. The van der Waals surface area contributed by atoms with Gasteiger partial charge in [0.15, 0.2) is 5.96 Å². The molecule has 1 aromatic carbocycles.